The van der Waals surface area contributed by atoms with Crippen LogP contribution in [0.25, 0.3) is 0 Å². The first-order valence-corrected chi connectivity index (χ1v) is 7.10. The van der Waals surface area contributed by atoms with Crippen molar-refractivity contribution in [1.82, 2.24) is 0 Å². The first-order chi connectivity index (χ1) is 8.65. The third kappa shape index (κ3) is 4.58. The molecule has 1 aliphatic rings. The lowest BCUT2D eigenvalue weighted by Gasteiger charge is -2.26. The third-order valence-corrected chi connectivity index (χ3v) is 3.60. The van der Waals surface area contributed by atoms with Crippen molar-refractivity contribution in [3.05, 3.63) is 0 Å². The van der Waals surface area contributed by atoms with Crippen LogP contribution in [0.4, 0.5) is 0 Å². The summed E-state index contributed by atoms with van der Waals surface area (Å²) in [5.74, 6) is -0.0963. The van der Waals surface area contributed by atoms with Crippen molar-refractivity contribution in [2.24, 2.45) is 11.7 Å². The highest BCUT2D eigenvalue weighted by Gasteiger charge is 2.49. The van der Waals surface area contributed by atoms with Crippen LogP contribution in [0.3, 0.4) is 0 Å². The van der Waals surface area contributed by atoms with E-state index in [1.165, 1.54) is 32.8 Å². The summed E-state index contributed by atoms with van der Waals surface area (Å²) in [6.07, 6.45) is 8.03. The van der Waals surface area contributed by atoms with E-state index in [2.05, 4.69) is 6.92 Å². The molecule has 1 rings (SSSR count). The SMILES string of the molecule is CCCCCCCOCC(N)(C(=O)OC)C1CC1. The Morgan fingerprint density at radius 3 is 2.50 bits per heavy atom. The van der Waals surface area contributed by atoms with Gasteiger partial charge in [0.2, 0.25) is 0 Å². The van der Waals surface area contributed by atoms with Crippen molar-refractivity contribution in [3.63, 3.8) is 0 Å². The fourth-order valence-corrected chi connectivity index (χ4v) is 2.18. The van der Waals surface area contributed by atoms with Gasteiger partial charge in [0.1, 0.15) is 5.54 Å². The van der Waals surface area contributed by atoms with Crippen LogP contribution < -0.4 is 5.73 Å². The summed E-state index contributed by atoms with van der Waals surface area (Å²) in [4.78, 5) is 11.7. The van der Waals surface area contributed by atoms with Crippen molar-refractivity contribution >= 4 is 5.97 Å². The molecule has 0 radical (unpaired) electrons. The van der Waals surface area contributed by atoms with Gasteiger partial charge in [-0.2, -0.15) is 0 Å². The molecule has 0 bridgehead atoms. The molecule has 18 heavy (non-hydrogen) atoms. The monoisotopic (exact) mass is 257 g/mol. The Balaban J connectivity index is 2.16. The molecule has 0 spiro atoms. The minimum Gasteiger partial charge on any atom is -0.468 e. The number of rotatable bonds is 10. The molecule has 4 nitrogen and oxygen atoms in total. The molecule has 1 unspecified atom stereocenters. The summed E-state index contributed by atoms with van der Waals surface area (Å²) in [5.41, 5.74) is 5.20. The maximum absolute atomic E-state index is 11.7. The molecule has 0 aromatic heterocycles. The summed E-state index contributed by atoms with van der Waals surface area (Å²) in [6.45, 7) is 3.18. The molecule has 0 aromatic rings. The van der Waals surface area contributed by atoms with Crippen LogP contribution in [0.1, 0.15) is 51.9 Å². The molecular formula is C14H27NO3. The minimum absolute atomic E-state index is 0.241. The number of nitrogens with two attached hydrogens (primary N) is 1. The predicted octanol–water partition coefficient (Wildman–Crippen LogP) is 2.25. The number of methoxy groups -OCH3 is 1. The van der Waals surface area contributed by atoms with Crippen LogP contribution in [-0.4, -0.2) is 31.8 Å². The van der Waals surface area contributed by atoms with E-state index in [0.717, 1.165) is 19.3 Å². The van der Waals surface area contributed by atoms with Crippen molar-refractivity contribution in [2.75, 3.05) is 20.3 Å². The number of hydrogen-bond donors (Lipinski definition) is 1. The molecule has 0 heterocycles. The Morgan fingerprint density at radius 2 is 1.94 bits per heavy atom. The van der Waals surface area contributed by atoms with E-state index in [9.17, 15) is 4.79 Å². The molecule has 1 atom stereocenters. The molecule has 0 aliphatic heterocycles. The highest BCUT2D eigenvalue weighted by molar-refractivity contribution is 5.81. The van der Waals surface area contributed by atoms with Crippen molar-refractivity contribution < 1.29 is 14.3 Å². The minimum atomic E-state index is -0.918. The lowest BCUT2D eigenvalue weighted by molar-refractivity contribution is -0.150. The number of carbonyl (C=O) groups excluding carboxylic acids is 1. The first kappa shape index (κ1) is 15.4. The standard InChI is InChI=1S/C14H27NO3/c1-3-4-5-6-7-10-18-11-14(15,12-8-9-12)13(16)17-2/h12H,3-11,15H2,1-2H3. The fourth-order valence-electron chi connectivity index (χ4n) is 2.18. The number of carbonyl (C=O) groups is 1. The van der Waals surface area contributed by atoms with Gasteiger partial charge in [-0.25, -0.2) is 4.79 Å². The van der Waals surface area contributed by atoms with Gasteiger partial charge in [-0.1, -0.05) is 32.6 Å². The van der Waals surface area contributed by atoms with Gasteiger partial charge in [0, 0.05) is 6.61 Å². The molecule has 0 saturated heterocycles. The topological polar surface area (TPSA) is 61.5 Å². The summed E-state index contributed by atoms with van der Waals surface area (Å²) >= 11 is 0. The van der Waals surface area contributed by atoms with Gasteiger partial charge in [-0.15, -0.1) is 0 Å². The van der Waals surface area contributed by atoms with E-state index < -0.39 is 5.54 Å². The molecular weight excluding hydrogens is 230 g/mol. The van der Waals surface area contributed by atoms with Crippen molar-refractivity contribution in [1.29, 1.82) is 0 Å². The zero-order valence-electron chi connectivity index (χ0n) is 11.7. The highest BCUT2D eigenvalue weighted by Crippen LogP contribution is 2.39. The van der Waals surface area contributed by atoms with Crippen LogP contribution in [0.2, 0.25) is 0 Å². The molecule has 106 valence electrons. The molecule has 1 saturated carbocycles. The number of ether oxygens (including phenoxy) is 2. The zero-order chi connectivity index (χ0) is 13.4. The van der Waals surface area contributed by atoms with Crippen molar-refractivity contribution in [3.8, 4) is 0 Å². The maximum atomic E-state index is 11.7. The summed E-state index contributed by atoms with van der Waals surface area (Å²) in [6, 6.07) is 0. The molecule has 2 N–H and O–H groups in total. The fraction of sp³-hybridized carbons (Fsp3) is 0.929. The van der Waals surface area contributed by atoms with E-state index in [1.54, 1.807) is 0 Å². The Bertz CT molecular complexity index is 253. The largest absolute Gasteiger partial charge is 0.468 e. The average molecular weight is 257 g/mol. The lowest BCUT2D eigenvalue weighted by Crippen LogP contribution is -2.54. The van der Waals surface area contributed by atoms with Crippen molar-refractivity contribution in [2.45, 2.75) is 57.4 Å². The second kappa shape index (κ2) is 7.74. The normalized spacial score (nSPS) is 18.4. The van der Waals surface area contributed by atoms with Gasteiger partial charge < -0.3 is 15.2 Å². The Morgan fingerprint density at radius 1 is 1.28 bits per heavy atom. The summed E-state index contributed by atoms with van der Waals surface area (Å²) in [7, 11) is 1.39. The highest BCUT2D eigenvalue weighted by atomic mass is 16.5. The second-order valence-corrected chi connectivity index (χ2v) is 5.27. The van der Waals surface area contributed by atoms with E-state index in [1.807, 2.05) is 0 Å². The summed E-state index contributed by atoms with van der Waals surface area (Å²) in [5, 5.41) is 0. The van der Waals surface area contributed by atoms with Crippen LogP contribution >= 0.6 is 0 Å². The maximum Gasteiger partial charge on any atom is 0.328 e. The second-order valence-electron chi connectivity index (χ2n) is 5.27. The number of unbranched alkanes of at least 4 members (excludes halogenated alkanes) is 4. The molecule has 1 aliphatic carbocycles. The van der Waals surface area contributed by atoms with Crippen LogP contribution in [0.5, 0.6) is 0 Å². The summed E-state index contributed by atoms with van der Waals surface area (Å²) < 4.78 is 10.4. The van der Waals surface area contributed by atoms with Crippen LogP contribution in [0.15, 0.2) is 0 Å². The predicted molar refractivity (Wildman–Crippen MR) is 71.2 cm³/mol. The van der Waals surface area contributed by atoms with Crippen LogP contribution in [0, 0.1) is 5.92 Å². The van der Waals surface area contributed by atoms with E-state index in [0.29, 0.717) is 6.61 Å². The Kier molecular flexibility index (Phi) is 6.65. The lowest BCUT2D eigenvalue weighted by atomic mass is 9.96. The van der Waals surface area contributed by atoms with Gasteiger partial charge >= 0.3 is 5.97 Å². The molecule has 1 fully saturated rings. The Labute approximate surface area is 110 Å². The van der Waals surface area contributed by atoms with Crippen LogP contribution in [-0.2, 0) is 14.3 Å². The molecule has 0 amide bonds. The number of esters is 1. The first-order valence-electron chi connectivity index (χ1n) is 7.10. The average Bonchev–Trinajstić information content (AvgIpc) is 3.21. The molecule has 4 heteroatoms. The van der Waals surface area contributed by atoms with Gasteiger partial charge in [0.05, 0.1) is 13.7 Å². The molecule has 0 aromatic carbocycles. The van der Waals surface area contributed by atoms with Gasteiger partial charge in [-0.3, -0.25) is 0 Å². The van der Waals surface area contributed by atoms with Gasteiger partial charge in [0.25, 0.3) is 0 Å². The quantitative estimate of drug-likeness (QED) is 0.481. The van der Waals surface area contributed by atoms with E-state index in [4.69, 9.17) is 15.2 Å². The Hall–Kier alpha value is -0.610. The van der Waals surface area contributed by atoms with E-state index >= 15 is 0 Å². The number of hydrogen-bond acceptors (Lipinski definition) is 4. The van der Waals surface area contributed by atoms with Gasteiger partial charge in [-0.05, 0) is 25.2 Å². The smallest absolute Gasteiger partial charge is 0.328 e. The van der Waals surface area contributed by atoms with Gasteiger partial charge in [0.15, 0.2) is 0 Å². The zero-order valence-corrected chi connectivity index (χ0v) is 11.7. The van der Waals surface area contributed by atoms with E-state index in [-0.39, 0.29) is 18.5 Å². The third-order valence-electron chi connectivity index (χ3n) is 3.60.